The first-order valence-electron chi connectivity index (χ1n) is 6.53. The molecule has 0 aromatic carbocycles. The fourth-order valence-electron chi connectivity index (χ4n) is 2.13. The first kappa shape index (κ1) is 15.5. The number of likely N-dealkylation sites (tertiary alicyclic amines) is 1. The number of piperidine rings is 1. The van der Waals surface area contributed by atoms with Gasteiger partial charge in [0.1, 0.15) is 11.7 Å². The Hall–Kier alpha value is -1.54. The maximum atomic E-state index is 12.1. The zero-order chi connectivity index (χ0) is 14.6. The smallest absolute Gasteiger partial charge is 0.410 e. The minimum atomic E-state index is -1.02. The summed E-state index contributed by atoms with van der Waals surface area (Å²) in [7, 11) is 0. The van der Waals surface area contributed by atoms with Crippen molar-refractivity contribution in [1.82, 2.24) is 4.90 Å². The molecule has 106 valence electrons. The average Bonchev–Trinajstić information content (AvgIpc) is 2.35. The van der Waals surface area contributed by atoms with Crippen LogP contribution in [0, 0.1) is 11.3 Å². The molecule has 2 unspecified atom stereocenters. The summed E-state index contributed by atoms with van der Waals surface area (Å²) in [5.41, 5.74) is -0.489. The van der Waals surface area contributed by atoms with E-state index in [9.17, 15) is 9.90 Å². The third-order valence-electron chi connectivity index (χ3n) is 3.04. The molecule has 1 rings (SSSR count). The number of nitriles is 1. The topological polar surface area (TPSA) is 73.6 Å². The number of nitrogens with zero attached hydrogens (tertiary/aromatic N) is 2. The van der Waals surface area contributed by atoms with E-state index in [1.807, 2.05) is 6.07 Å². The highest BCUT2D eigenvalue weighted by molar-refractivity contribution is 5.69. The molecule has 2 atom stereocenters. The number of ether oxygens (including phenoxy) is 1. The lowest BCUT2D eigenvalue weighted by molar-refractivity contribution is -0.00870. The van der Waals surface area contributed by atoms with Crippen molar-refractivity contribution >= 4 is 6.09 Å². The molecular formula is C14H22N2O3. The third-order valence-corrected chi connectivity index (χ3v) is 3.04. The monoisotopic (exact) mass is 266 g/mol. The molecule has 1 amide bonds. The molecule has 1 fully saturated rings. The molecule has 1 aliphatic heterocycles. The molecule has 0 bridgehead atoms. The van der Waals surface area contributed by atoms with Crippen molar-refractivity contribution in [2.45, 2.75) is 57.8 Å². The molecule has 0 aromatic heterocycles. The second kappa shape index (κ2) is 6.07. The van der Waals surface area contributed by atoms with E-state index in [4.69, 9.17) is 10.00 Å². The van der Waals surface area contributed by atoms with Gasteiger partial charge in [-0.1, -0.05) is 6.58 Å². The predicted octanol–water partition coefficient (Wildman–Crippen LogP) is 2.22. The van der Waals surface area contributed by atoms with E-state index in [0.717, 1.165) is 12.8 Å². The zero-order valence-corrected chi connectivity index (χ0v) is 11.8. The van der Waals surface area contributed by atoms with Gasteiger partial charge in [-0.15, -0.1) is 0 Å². The molecule has 19 heavy (non-hydrogen) atoms. The number of aliphatic hydroxyl groups is 1. The molecule has 0 aromatic rings. The first-order valence-corrected chi connectivity index (χ1v) is 6.53. The summed E-state index contributed by atoms with van der Waals surface area (Å²) in [4.78, 5) is 13.6. The zero-order valence-electron chi connectivity index (χ0n) is 11.8. The molecular weight excluding hydrogens is 244 g/mol. The van der Waals surface area contributed by atoms with Gasteiger partial charge in [-0.05, 0) is 40.0 Å². The molecule has 1 heterocycles. The van der Waals surface area contributed by atoms with Crippen LogP contribution in [0.5, 0.6) is 0 Å². The number of amides is 1. The molecule has 0 aliphatic carbocycles. The maximum Gasteiger partial charge on any atom is 0.410 e. The Morgan fingerprint density at radius 1 is 1.53 bits per heavy atom. The van der Waals surface area contributed by atoms with Gasteiger partial charge in [0.05, 0.1) is 17.7 Å². The van der Waals surface area contributed by atoms with Crippen molar-refractivity contribution in [3.8, 4) is 6.07 Å². The Balaban J connectivity index is 2.81. The highest BCUT2D eigenvalue weighted by Gasteiger charge is 2.35. The lowest BCUT2D eigenvalue weighted by atomic mass is 9.94. The minimum absolute atomic E-state index is 0.0838. The number of rotatable bonds is 2. The van der Waals surface area contributed by atoms with Crippen LogP contribution < -0.4 is 0 Å². The number of hydrogen-bond acceptors (Lipinski definition) is 4. The van der Waals surface area contributed by atoms with Crippen molar-refractivity contribution in [2.24, 2.45) is 0 Å². The Morgan fingerprint density at radius 2 is 2.16 bits per heavy atom. The second-order valence-electron chi connectivity index (χ2n) is 5.82. The average molecular weight is 266 g/mol. The molecule has 1 N–H and O–H groups in total. The van der Waals surface area contributed by atoms with E-state index in [2.05, 4.69) is 6.58 Å². The van der Waals surface area contributed by atoms with Gasteiger partial charge in [-0.25, -0.2) is 4.79 Å². The fraction of sp³-hybridized carbons (Fsp3) is 0.714. The number of hydrogen-bond donors (Lipinski definition) is 1. The maximum absolute atomic E-state index is 12.1. The van der Waals surface area contributed by atoms with Crippen molar-refractivity contribution in [3.63, 3.8) is 0 Å². The van der Waals surface area contributed by atoms with Crippen molar-refractivity contribution in [3.05, 3.63) is 12.2 Å². The van der Waals surface area contributed by atoms with E-state index in [-0.39, 0.29) is 5.57 Å². The highest BCUT2D eigenvalue weighted by atomic mass is 16.6. The van der Waals surface area contributed by atoms with Crippen LogP contribution in [0.3, 0.4) is 0 Å². The second-order valence-corrected chi connectivity index (χ2v) is 5.82. The Labute approximate surface area is 114 Å². The minimum Gasteiger partial charge on any atom is -0.444 e. The summed E-state index contributed by atoms with van der Waals surface area (Å²) in [5, 5.41) is 18.9. The molecule has 0 radical (unpaired) electrons. The lowest BCUT2D eigenvalue weighted by Gasteiger charge is -2.38. The van der Waals surface area contributed by atoms with Crippen LogP contribution in [0.4, 0.5) is 4.79 Å². The Bertz CT molecular complexity index is 392. The van der Waals surface area contributed by atoms with E-state index < -0.39 is 23.8 Å². The summed E-state index contributed by atoms with van der Waals surface area (Å²) in [6, 6.07) is 1.43. The van der Waals surface area contributed by atoms with Crippen LogP contribution >= 0.6 is 0 Å². The Kier molecular flexibility index (Phi) is 4.96. The van der Waals surface area contributed by atoms with Gasteiger partial charge in [-0.2, -0.15) is 5.26 Å². The van der Waals surface area contributed by atoms with E-state index in [1.165, 1.54) is 4.90 Å². The first-order chi connectivity index (χ1) is 8.76. The molecule has 1 saturated heterocycles. The summed E-state index contributed by atoms with van der Waals surface area (Å²) in [6.07, 6.45) is 0.988. The summed E-state index contributed by atoms with van der Waals surface area (Å²) >= 11 is 0. The Morgan fingerprint density at radius 3 is 2.68 bits per heavy atom. The van der Waals surface area contributed by atoms with Crippen LogP contribution in [-0.2, 0) is 4.74 Å². The molecule has 1 aliphatic rings. The van der Waals surface area contributed by atoms with Crippen molar-refractivity contribution in [1.29, 1.82) is 5.26 Å². The van der Waals surface area contributed by atoms with Gasteiger partial charge in [0.2, 0.25) is 0 Å². The largest absolute Gasteiger partial charge is 0.444 e. The summed E-state index contributed by atoms with van der Waals surface area (Å²) < 4.78 is 5.33. The van der Waals surface area contributed by atoms with Crippen LogP contribution in [0.15, 0.2) is 12.2 Å². The molecule has 5 heteroatoms. The van der Waals surface area contributed by atoms with E-state index in [0.29, 0.717) is 13.0 Å². The van der Waals surface area contributed by atoms with Crippen LogP contribution in [0.25, 0.3) is 0 Å². The van der Waals surface area contributed by atoms with Gasteiger partial charge in [0.15, 0.2) is 0 Å². The number of carbonyl (C=O) groups excluding carboxylic acids is 1. The molecule has 0 spiro atoms. The number of aliphatic hydroxyl groups excluding tert-OH is 1. The predicted molar refractivity (Wildman–Crippen MR) is 71.3 cm³/mol. The molecule has 5 nitrogen and oxygen atoms in total. The molecule has 0 saturated carbocycles. The number of carbonyl (C=O) groups is 1. The standard InChI is InChI=1S/C14H22N2O3/c1-10(9-15)12(17)11-7-5-6-8-16(11)13(18)19-14(2,3)4/h11-12,17H,1,5-8H2,2-4H3. The van der Waals surface area contributed by atoms with Crippen molar-refractivity contribution < 1.29 is 14.6 Å². The van der Waals surface area contributed by atoms with Gasteiger partial charge < -0.3 is 14.7 Å². The van der Waals surface area contributed by atoms with Crippen molar-refractivity contribution in [2.75, 3.05) is 6.54 Å². The van der Waals surface area contributed by atoms with E-state index >= 15 is 0 Å². The third kappa shape index (κ3) is 4.25. The SMILES string of the molecule is C=C(C#N)C(O)C1CCCCN1C(=O)OC(C)(C)C. The van der Waals surface area contributed by atoms with Gasteiger partial charge >= 0.3 is 6.09 Å². The summed E-state index contributed by atoms with van der Waals surface area (Å²) in [6.45, 7) is 9.46. The van der Waals surface area contributed by atoms with Gasteiger partial charge in [0.25, 0.3) is 0 Å². The highest BCUT2D eigenvalue weighted by Crippen LogP contribution is 2.24. The van der Waals surface area contributed by atoms with Crippen LogP contribution in [0.1, 0.15) is 40.0 Å². The van der Waals surface area contributed by atoms with Gasteiger partial charge in [-0.3, -0.25) is 0 Å². The normalized spacial score (nSPS) is 21.4. The quantitative estimate of drug-likeness (QED) is 0.778. The van der Waals surface area contributed by atoms with E-state index in [1.54, 1.807) is 20.8 Å². The van der Waals surface area contributed by atoms with Crippen LogP contribution in [-0.4, -0.2) is 40.4 Å². The van der Waals surface area contributed by atoms with Gasteiger partial charge in [0, 0.05) is 6.54 Å². The fourth-order valence-corrected chi connectivity index (χ4v) is 2.13. The van der Waals surface area contributed by atoms with Crippen LogP contribution in [0.2, 0.25) is 0 Å². The summed E-state index contributed by atoms with van der Waals surface area (Å²) in [5.74, 6) is 0. The lowest BCUT2D eigenvalue weighted by Crippen LogP contribution is -2.51.